The van der Waals surface area contributed by atoms with Gasteiger partial charge in [0, 0.05) is 18.5 Å². The summed E-state index contributed by atoms with van der Waals surface area (Å²) in [6, 6.07) is 1.37. The second kappa shape index (κ2) is 6.99. The van der Waals surface area contributed by atoms with Gasteiger partial charge in [-0.1, -0.05) is 0 Å². The molecule has 0 radical (unpaired) electrons. The van der Waals surface area contributed by atoms with E-state index in [1.807, 2.05) is 20.8 Å². The summed E-state index contributed by atoms with van der Waals surface area (Å²) in [6.07, 6.45) is 0.604. The largest absolute Gasteiger partial charge is 0.484 e. The van der Waals surface area contributed by atoms with E-state index in [2.05, 4.69) is 15.5 Å². The predicted octanol–water partition coefficient (Wildman–Crippen LogP) is 2.02. The molecule has 4 rings (SSSR count). The molecule has 0 bridgehead atoms. The van der Waals surface area contributed by atoms with E-state index in [4.69, 9.17) is 18.9 Å². The molecule has 0 unspecified atom stereocenters. The topological polar surface area (TPSA) is 112 Å². The molecule has 1 saturated carbocycles. The Bertz CT molecular complexity index is 780. The van der Waals surface area contributed by atoms with Crippen LogP contribution < -0.4 is 19.7 Å². The van der Waals surface area contributed by atoms with Crippen molar-refractivity contribution in [3.8, 4) is 11.6 Å². The van der Waals surface area contributed by atoms with Crippen molar-refractivity contribution in [3.63, 3.8) is 0 Å². The molecule has 0 aromatic carbocycles. The van der Waals surface area contributed by atoms with Gasteiger partial charge in [0.15, 0.2) is 11.6 Å². The van der Waals surface area contributed by atoms with Crippen LogP contribution in [0, 0.1) is 0 Å². The molecule has 1 N–H and O–H groups in total. The molecule has 2 aliphatic heterocycles. The number of amides is 2. The summed E-state index contributed by atoms with van der Waals surface area (Å²) in [5, 5.41) is 11.0. The SMILES string of the molecule is CC(C)(C)OC(=O)N[C@@H]1CC[C@@H]2[C@@H](C1)OC(=O)N2c1cc2c(nn1)OCCO2. The average Bonchev–Trinajstić information content (AvgIpc) is 2.94. The molecule has 28 heavy (non-hydrogen) atoms. The fraction of sp³-hybridized carbons (Fsp3) is 0.667. The third kappa shape index (κ3) is 3.76. The van der Waals surface area contributed by atoms with E-state index in [1.54, 1.807) is 6.07 Å². The van der Waals surface area contributed by atoms with Crippen LogP contribution in [0.5, 0.6) is 11.6 Å². The predicted molar refractivity (Wildman–Crippen MR) is 96.6 cm³/mol. The second-order valence-corrected chi connectivity index (χ2v) is 8.08. The minimum absolute atomic E-state index is 0.116. The van der Waals surface area contributed by atoms with E-state index in [1.165, 1.54) is 4.90 Å². The maximum atomic E-state index is 12.5. The lowest BCUT2D eigenvalue weighted by Gasteiger charge is -2.33. The minimum Gasteiger partial charge on any atom is -0.484 e. The van der Waals surface area contributed by atoms with E-state index in [-0.39, 0.29) is 18.2 Å². The molecule has 3 aliphatic rings. The van der Waals surface area contributed by atoms with E-state index in [0.717, 1.165) is 0 Å². The Balaban J connectivity index is 1.43. The van der Waals surface area contributed by atoms with Crippen molar-refractivity contribution in [1.82, 2.24) is 15.5 Å². The molecular weight excluding hydrogens is 368 g/mol. The number of fused-ring (bicyclic) bond motifs is 2. The number of hydrogen-bond donors (Lipinski definition) is 1. The van der Waals surface area contributed by atoms with Gasteiger partial charge in [0.2, 0.25) is 0 Å². The first-order chi connectivity index (χ1) is 13.3. The zero-order valence-electron chi connectivity index (χ0n) is 16.1. The third-order valence-electron chi connectivity index (χ3n) is 4.80. The van der Waals surface area contributed by atoms with Crippen LogP contribution in [0.2, 0.25) is 0 Å². The highest BCUT2D eigenvalue weighted by Crippen LogP contribution is 2.37. The Kier molecular flexibility index (Phi) is 4.64. The van der Waals surface area contributed by atoms with Gasteiger partial charge in [0.1, 0.15) is 24.9 Å². The van der Waals surface area contributed by atoms with Crippen LogP contribution in [0.15, 0.2) is 6.07 Å². The van der Waals surface area contributed by atoms with Gasteiger partial charge in [-0.15, -0.1) is 10.2 Å². The summed E-state index contributed by atoms with van der Waals surface area (Å²) in [6.45, 7) is 6.29. The van der Waals surface area contributed by atoms with Gasteiger partial charge in [0.25, 0.3) is 5.88 Å². The standard InChI is InChI=1S/C18H24N4O6/c1-18(2,3)28-16(23)19-10-4-5-11-12(8-10)27-17(24)22(11)14-9-13-15(21-20-14)26-7-6-25-13/h9-12H,4-8H2,1-3H3,(H,19,23)/t10-,11-,12-/m1/s1. The third-order valence-corrected chi connectivity index (χ3v) is 4.80. The number of carbonyl (C=O) groups excluding carboxylic acids is 2. The molecule has 1 saturated heterocycles. The number of alkyl carbamates (subject to hydrolysis) is 1. The first-order valence-corrected chi connectivity index (χ1v) is 9.43. The number of ether oxygens (including phenoxy) is 4. The lowest BCUT2D eigenvalue weighted by atomic mass is 9.88. The molecule has 10 nitrogen and oxygen atoms in total. The quantitative estimate of drug-likeness (QED) is 0.813. The van der Waals surface area contributed by atoms with Gasteiger partial charge in [0.05, 0.1) is 6.04 Å². The molecule has 1 aromatic heterocycles. The number of nitrogens with zero attached hydrogens (tertiary/aromatic N) is 3. The van der Waals surface area contributed by atoms with Gasteiger partial charge in [-0.3, -0.25) is 4.90 Å². The van der Waals surface area contributed by atoms with Crippen molar-refractivity contribution in [1.29, 1.82) is 0 Å². The van der Waals surface area contributed by atoms with Crippen molar-refractivity contribution in [2.45, 2.75) is 63.8 Å². The molecule has 0 spiro atoms. The summed E-state index contributed by atoms with van der Waals surface area (Å²) < 4.78 is 21.8. The number of nitrogens with one attached hydrogen (secondary N) is 1. The Labute approximate surface area is 162 Å². The minimum atomic E-state index is -0.561. The smallest absolute Gasteiger partial charge is 0.416 e. The molecule has 1 aromatic rings. The Hall–Kier alpha value is -2.78. The highest BCUT2D eigenvalue weighted by molar-refractivity contribution is 5.89. The first kappa shape index (κ1) is 18.6. The number of hydrogen-bond acceptors (Lipinski definition) is 8. The molecule has 152 valence electrons. The van der Waals surface area contributed by atoms with Crippen LogP contribution in [0.1, 0.15) is 40.0 Å². The van der Waals surface area contributed by atoms with Crippen molar-refractivity contribution < 1.29 is 28.5 Å². The maximum Gasteiger partial charge on any atom is 0.416 e. The van der Waals surface area contributed by atoms with Crippen molar-refractivity contribution in [3.05, 3.63) is 6.07 Å². The van der Waals surface area contributed by atoms with Crippen LogP contribution in [-0.4, -0.2) is 59.4 Å². The lowest BCUT2D eigenvalue weighted by Crippen LogP contribution is -2.48. The number of aromatic nitrogens is 2. The van der Waals surface area contributed by atoms with Crippen LogP contribution in [0.3, 0.4) is 0 Å². The fourth-order valence-corrected chi connectivity index (χ4v) is 3.69. The summed E-state index contributed by atoms with van der Waals surface area (Å²) in [4.78, 5) is 26.0. The van der Waals surface area contributed by atoms with E-state index >= 15 is 0 Å². The average molecular weight is 392 g/mol. The summed E-state index contributed by atoms with van der Waals surface area (Å²) in [5.74, 6) is 1.16. The monoisotopic (exact) mass is 392 g/mol. The number of carbonyl (C=O) groups is 2. The van der Waals surface area contributed by atoms with E-state index < -0.39 is 17.8 Å². The maximum absolute atomic E-state index is 12.5. The van der Waals surface area contributed by atoms with Crippen LogP contribution in [0.4, 0.5) is 15.4 Å². The van der Waals surface area contributed by atoms with Gasteiger partial charge < -0.3 is 24.3 Å². The lowest BCUT2D eigenvalue weighted by molar-refractivity contribution is 0.0454. The van der Waals surface area contributed by atoms with Gasteiger partial charge in [-0.25, -0.2) is 9.59 Å². The summed E-state index contributed by atoms with van der Waals surface area (Å²) in [7, 11) is 0. The summed E-state index contributed by atoms with van der Waals surface area (Å²) >= 11 is 0. The molecule has 2 fully saturated rings. The van der Waals surface area contributed by atoms with Crippen LogP contribution in [-0.2, 0) is 9.47 Å². The van der Waals surface area contributed by atoms with Gasteiger partial charge in [-0.05, 0) is 33.6 Å². The Morgan fingerprint density at radius 1 is 1.25 bits per heavy atom. The fourth-order valence-electron chi connectivity index (χ4n) is 3.69. The van der Waals surface area contributed by atoms with Crippen molar-refractivity contribution in [2.24, 2.45) is 0 Å². The number of anilines is 1. The van der Waals surface area contributed by atoms with E-state index in [9.17, 15) is 9.59 Å². The van der Waals surface area contributed by atoms with Gasteiger partial charge >= 0.3 is 12.2 Å². The molecule has 3 heterocycles. The van der Waals surface area contributed by atoms with Crippen LogP contribution in [0.25, 0.3) is 0 Å². The second-order valence-electron chi connectivity index (χ2n) is 8.08. The highest BCUT2D eigenvalue weighted by Gasteiger charge is 2.47. The van der Waals surface area contributed by atoms with Gasteiger partial charge in [-0.2, -0.15) is 0 Å². The summed E-state index contributed by atoms with van der Waals surface area (Å²) in [5.41, 5.74) is -0.561. The Morgan fingerprint density at radius 2 is 2.04 bits per heavy atom. The molecule has 1 aliphatic carbocycles. The number of rotatable bonds is 2. The van der Waals surface area contributed by atoms with Crippen LogP contribution >= 0.6 is 0 Å². The van der Waals surface area contributed by atoms with E-state index in [0.29, 0.717) is 49.9 Å². The zero-order valence-corrected chi connectivity index (χ0v) is 16.1. The molecule has 10 heteroatoms. The highest BCUT2D eigenvalue weighted by atomic mass is 16.6. The molecular formula is C18H24N4O6. The van der Waals surface area contributed by atoms with Crippen molar-refractivity contribution >= 4 is 18.0 Å². The molecule has 3 atom stereocenters. The normalized spacial score (nSPS) is 26.3. The van der Waals surface area contributed by atoms with Crippen molar-refractivity contribution in [2.75, 3.05) is 18.1 Å². The zero-order chi connectivity index (χ0) is 19.9. The molecule has 2 amide bonds. The Morgan fingerprint density at radius 3 is 2.82 bits per heavy atom. The first-order valence-electron chi connectivity index (χ1n) is 9.43.